The molecule has 2 aromatic carbocycles. The second-order valence-corrected chi connectivity index (χ2v) is 7.65. The van der Waals surface area contributed by atoms with Gasteiger partial charge in [0.1, 0.15) is 6.61 Å². The number of carbonyl (C=O) groups excluding carboxylic acids is 1. The normalized spacial score (nSPS) is 19.1. The van der Waals surface area contributed by atoms with Crippen LogP contribution in [0.25, 0.3) is 5.70 Å². The number of nitrogens with one attached hydrogen (secondary N) is 3. The number of alkyl carbamates (subject to hydrolysis) is 1. The number of halogens is 1. The minimum atomic E-state index is -0.390. The molecule has 6 nitrogen and oxygen atoms in total. The zero-order chi connectivity index (χ0) is 19.8. The Hall–Kier alpha value is -2.67. The second-order valence-electron chi connectivity index (χ2n) is 6.74. The van der Waals surface area contributed by atoms with Crippen LogP contribution in [0.3, 0.4) is 0 Å². The first-order chi connectivity index (χ1) is 13.6. The number of rotatable bonds is 7. The van der Waals surface area contributed by atoms with Gasteiger partial charge in [-0.15, -0.1) is 0 Å². The lowest BCUT2D eigenvalue weighted by atomic mass is 10.1. The van der Waals surface area contributed by atoms with Crippen molar-refractivity contribution >= 4 is 27.7 Å². The van der Waals surface area contributed by atoms with Gasteiger partial charge in [0.05, 0.1) is 11.9 Å². The molecule has 1 aliphatic carbocycles. The molecule has 0 spiro atoms. The maximum Gasteiger partial charge on any atom is 0.407 e. The molecule has 0 radical (unpaired) electrons. The molecule has 1 saturated carbocycles. The summed E-state index contributed by atoms with van der Waals surface area (Å²) in [4.78, 5) is 12.0. The molecule has 0 unspecified atom stereocenters. The number of nitrogens with zero attached hydrogens (tertiary/aromatic N) is 1. The summed E-state index contributed by atoms with van der Waals surface area (Å²) in [7, 11) is 0. The highest BCUT2D eigenvalue weighted by Crippen LogP contribution is 2.24. The van der Waals surface area contributed by atoms with Crippen molar-refractivity contribution in [3.63, 3.8) is 0 Å². The summed E-state index contributed by atoms with van der Waals surface area (Å²) in [5, 5.41) is 9.82. The van der Waals surface area contributed by atoms with Crippen LogP contribution < -0.4 is 10.6 Å². The van der Waals surface area contributed by atoms with Crippen molar-refractivity contribution in [3.05, 3.63) is 76.4 Å². The fraction of sp³-hybridized carbons (Fsp3) is 0.286. The highest BCUT2D eigenvalue weighted by molar-refractivity contribution is 9.10. The van der Waals surface area contributed by atoms with Gasteiger partial charge in [-0.2, -0.15) is 5.11 Å². The van der Waals surface area contributed by atoms with Crippen LogP contribution >= 0.6 is 15.9 Å². The van der Waals surface area contributed by atoms with Crippen LogP contribution in [0.5, 0.6) is 0 Å². The standard InChI is InChI=1S/C21H23BrN4O2/c22-17-8-6-16(7-9-17)20(13-24-23)25-18-10-11-19(12-18)26-21(27)28-14-15-4-2-1-3-5-15/h1-9,13,18-19,23,25H,10-12,14H2,(H,26,27)/b20-13-,24-23?/t18-,19+/m1/s1. The summed E-state index contributed by atoms with van der Waals surface area (Å²) in [6.07, 6.45) is 3.73. The third kappa shape index (κ3) is 5.92. The summed E-state index contributed by atoms with van der Waals surface area (Å²) < 4.78 is 6.30. The third-order valence-electron chi connectivity index (χ3n) is 4.68. The lowest BCUT2D eigenvalue weighted by Gasteiger charge is -2.18. The van der Waals surface area contributed by atoms with E-state index in [4.69, 9.17) is 10.3 Å². The first-order valence-corrected chi connectivity index (χ1v) is 10.00. The zero-order valence-electron chi connectivity index (χ0n) is 15.4. The lowest BCUT2D eigenvalue weighted by molar-refractivity contribution is 0.135. The Bertz CT molecular complexity index is 824. The van der Waals surface area contributed by atoms with Crippen molar-refractivity contribution in [3.8, 4) is 0 Å². The molecular formula is C21H23BrN4O2. The molecule has 146 valence electrons. The van der Waals surface area contributed by atoms with E-state index in [-0.39, 0.29) is 24.8 Å². The molecule has 0 aliphatic heterocycles. The van der Waals surface area contributed by atoms with Crippen molar-refractivity contribution in [1.29, 1.82) is 5.53 Å². The van der Waals surface area contributed by atoms with E-state index < -0.39 is 0 Å². The quantitative estimate of drug-likeness (QED) is 0.513. The Labute approximate surface area is 173 Å². The van der Waals surface area contributed by atoms with Gasteiger partial charge in [0.2, 0.25) is 0 Å². The van der Waals surface area contributed by atoms with Crippen LogP contribution in [0, 0.1) is 5.53 Å². The number of amides is 1. The molecule has 0 aromatic heterocycles. The average molecular weight is 443 g/mol. The summed E-state index contributed by atoms with van der Waals surface area (Å²) in [5.74, 6) is 0. The van der Waals surface area contributed by atoms with Crippen LogP contribution in [-0.4, -0.2) is 18.2 Å². The predicted octanol–water partition coefficient (Wildman–Crippen LogP) is 5.22. The molecule has 1 amide bonds. The molecule has 3 N–H and O–H groups in total. The van der Waals surface area contributed by atoms with Crippen molar-refractivity contribution < 1.29 is 9.53 Å². The molecule has 2 atom stereocenters. The summed E-state index contributed by atoms with van der Waals surface area (Å²) in [6.45, 7) is 0.266. The van der Waals surface area contributed by atoms with Crippen molar-refractivity contribution in [2.75, 3.05) is 0 Å². The van der Waals surface area contributed by atoms with Crippen molar-refractivity contribution in [1.82, 2.24) is 10.6 Å². The monoisotopic (exact) mass is 442 g/mol. The maximum absolute atomic E-state index is 12.0. The fourth-order valence-electron chi connectivity index (χ4n) is 3.28. The van der Waals surface area contributed by atoms with E-state index in [1.807, 2.05) is 54.6 Å². The highest BCUT2D eigenvalue weighted by atomic mass is 79.9. The summed E-state index contributed by atoms with van der Waals surface area (Å²) >= 11 is 3.43. The molecule has 7 heteroatoms. The Balaban J connectivity index is 1.48. The van der Waals surface area contributed by atoms with Gasteiger partial charge < -0.3 is 15.4 Å². The Kier molecular flexibility index (Phi) is 7.19. The Morgan fingerprint density at radius 2 is 1.79 bits per heavy atom. The zero-order valence-corrected chi connectivity index (χ0v) is 17.0. The average Bonchev–Trinajstić information content (AvgIpc) is 3.14. The molecule has 0 saturated heterocycles. The Morgan fingerprint density at radius 3 is 2.46 bits per heavy atom. The number of hydrogen-bond donors (Lipinski definition) is 3. The van der Waals surface area contributed by atoms with E-state index in [0.717, 1.165) is 40.6 Å². The molecule has 1 fully saturated rings. The second kappa shape index (κ2) is 10.0. The molecule has 0 bridgehead atoms. The van der Waals surface area contributed by atoms with Crippen LogP contribution in [0.4, 0.5) is 4.79 Å². The van der Waals surface area contributed by atoms with Gasteiger partial charge in [-0.3, -0.25) is 0 Å². The van der Waals surface area contributed by atoms with Crippen LogP contribution in [0.15, 0.2) is 70.4 Å². The molecule has 2 aromatic rings. The summed E-state index contributed by atoms with van der Waals surface area (Å²) in [5.41, 5.74) is 9.91. The van der Waals surface area contributed by atoms with Gasteiger partial charge in [-0.25, -0.2) is 10.3 Å². The van der Waals surface area contributed by atoms with Crippen LogP contribution in [0.1, 0.15) is 30.4 Å². The van der Waals surface area contributed by atoms with E-state index in [1.165, 1.54) is 6.20 Å². The van der Waals surface area contributed by atoms with Crippen molar-refractivity contribution in [2.45, 2.75) is 38.0 Å². The molecule has 28 heavy (non-hydrogen) atoms. The minimum Gasteiger partial charge on any atom is -0.445 e. The number of carbonyl (C=O) groups is 1. The third-order valence-corrected chi connectivity index (χ3v) is 5.20. The van der Waals surface area contributed by atoms with E-state index in [0.29, 0.717) is 0 Å². The fourth-order valence-corrected chi connectivity index (χ4v) is 3.55. The van der Waals surface area contributed by atoms with Gasteiger partial charge in [0.15, 0.2) is 0 Å². The lowest BCUT2D eigenvalue weighted by Crippen LogP contribution is -2.35. The van der Waals surface area contributed by atoms with Gasteiger partial charge in [0, 0.05) is 16.6 Å². The van der Waals surface area contributed by atoms with Crippen LogP contribution in [-0.2, 0) is 11.3 Å². The van der Waals surface area contributed by atoms with E-state index in [2.05, 4.69) is 31.7 Å². The topological polar surface area (TPSA) is 86.6 Å². The number of hydrogen-bond acceptors (Lipinski definition) is 5. The van der Waals surface area contributed by atoms with Crippen LogP contribution in [0.2, 0.25) is 0 Å². The minimum absolute atomic E-state index is 0.0693. The van der Waals surface area contributed by atoms with Gasteiger partial charge >= 0.3 is 6.09 Å². The summed E-state index contributed by atoms with van der Waals surface area (Å²) in [6, 6.07) is 17.8. The van der Waals surface area contributed by atoms with E-state index in [1.54, 1.807) is 0 Å². The van der Waals surface area contributed by atoms with E-state index >= 15 is 0 Å². The number of benzene rings is 2. The van der Waals surface area contributed by atoms with Gasteiger partial charge in [-0.05, 0) is 42.5 Å². The SMILES string of the molecule is N=N/C=C(\N[C@@H]1CC[C@H](NC(=O)OCc2ccccc2)C1)c1ccc(Br)cc1. The smallest absolute Gasteiger partial charge is 0.407 e. The predicted molar refractivity (Wildman–Crippen MR) is 112 cm³/mol. The van der Waals surface area contributed by atoms with Crippen molar-refractivity contribution in [2.24, 2.45) is 5.11 Å². The molecular weight excluding hydrogens is 420 g/mol. The molecule has 1 aliphatic rings. The highest BCUT2D eigenvalue weighted by Gasteiger charge is 2.27. The molecule has 0 heterocycles. The van der Waals surface area contributed by atoms with Gasteiger partial charge in [0.25, 0.3) is 0 Å². The van der Waals surface area contributed by atoms with Gasteiger partial charge in [-0.1, -0.05) is 58.4 Å². The Morgan fingerprint density at radius 1 is 1.11 bits per heavy atom. The van der Waals surface area contributed by atoms with E-state index in [9.17, 15) is 4.79 Å². The maximum atomic E-state index is 12.0. The largest absolute Gasteiger partial charge is 0.445 e. The number of ether oxygens (including phenoxy) is 1. The first kappa shape index (κ1) is 20.1. The molecule has 3 rings (SSSR count). The first-order valence-electron chi connectivity index (χ1n) is 9.20.